The van der Waals surface area contributed by atoms with Crippen molar-refractivity contribution in [3.63, 3.8) is 0 Å². The second kappa shape index (κ2) is 8.18. The van der Waals surface area contributed by atoms with Gasteiger partial charge in [0, 0.05) is 27.9 Å². The van der Waals surface area contributed by atoms with E-state index in [1.807, 2.05) is 30.5 Å². The molecule has 0 aliphatic carbocycles. The molecule has 3 rings (SSSR count). The molecule has 5 heteroatoms. The third kappa shape index (κ3) is 3.96. The molecular formula is C21H18ClN3S. The number of aromatic nitrogens is 1. The first-order valence-electron chi connectivity index (χ1n) is 8.29. The summed E-state index contributed by atoms with van der Waals surface area (Å²) in [5.74, 6) is 0. The number of halogens is 1. The van der Waals surface area contributed by atoms with Gasteiger partial charge in [0.15, 0.2) is 0 Å². The summed E-state index contributed by atoms with van der Waals surface area (Å²) in [6.07, 6.45) is 2.69. The van der Waals surface area contributed by atoms with E-state index < -0.39 is 0 Å². The van der Waals surface area contributed by atoms with Crippen LogP contribution in [0.3, 0.4) is 0 Å². The van der Waals surface area contributed by atoms with Gasteiger partial charge in [0.2, 0.25) is 0 Å². The van der Waals surface area contributed by atoms with Gasteiger partial charge in [0.25, 0.3) is 0 Å². The first-order chi connectivity index (χ1) is 12.6. The van der Waals surface area contributed by atoms with Crippen molar-refractivity contribution in [3.05, 3.63) is 75.2 Å². The molecule has 130 valence electrons. The first kappa shape index (κ1) is 18.2. The van der Waals surface area contributed by atoms with E-state index in [2.05, 4.69) is 47.6 Å². The Morgan fingerprint density at radius 1 is 1.27 bits per heavy atom. The zero-order valence-corrected chi connectivity index (χ0v) is 16.2. The molecule has 3 nitrogen and oxygen atoms in total. The number of allylic oxidation sites excluding steroid dienone is 1. The molecule has 0 unspecified atom stereocenters. The SMILES string of the molecule is CCc1ccc(-c2csc(/C(C#N)=C\Nc3cccc(Cl)c3C)n2)cc1. The number of nitrogens with one attached hydrogen (secondary N) is 1. The third-order valence-corrected chi connectivity index (χ3v) is 5.44. The number of anilines is 1. The minimum atomic E-state index is 0.491. The first-order valence-corrected chi connectivity index (χ1v) is 9.55. The molecule has 3 aromatic rings. The molecule has 0 fully saturated rings. The molecule has 26 heavy (non-hydrogen) atoms. The number of nitriles is 1. The molecule has 0 bridgehead atoms. The summed E-state index contributed by atoms with van der Waals surface area (Å²) in [5, 5.41) is 16.0. The summed E-state index contributed by atoms with van der Waals surface area (Å²) in [7, 11) is 0. The van der Waals surface area contributed by atoms with Crippen LogP contribution in [0.15, 0.2) is 54.0 Å². The molecule has 1 N–H and O–H groups in total. The van der Waals surface area contributed by atoms with Crippen molar-refractivity contribution in [2.24, 2.45) is 0 Å². The number of aryl methyl sites for hydroxylation is 1. The zero-order chi connectivity index (χ0) is 18.5. The number of benzene rings is 2. The predicted octanol–water partition coefficient (Wildman–Crippen LogP) is 6.31. The van der Waals surface area contributed by atoms with Crippen LogP contribution in [0, 0.1) is 18.3 Å². The smallest absolute Gasteiger partial charge is 0.136 e. The van der Waals surface area contributed by atoms with Crippen LogP contribution in [-0.4, -0.2) is 4.98 Å². The minimum absolute atomic E-state index is 0.491. The maximum absolute atomic E-state index is 9.51. The maximum Gasteiger partial charge on any atom is 0.136 e. The lowest BCUT2D eigenvalue weighted by Crippen LogP contribution is -1.94. The van der Waals surface area contributed by atoms with Crippen molar-refractivity contribution >= 4 is 34.2 Å². The molecule has 0 aliphatic heterocycles. The van der Waals surface area contributed by atoms with Gasteiger partial charge in [-0.3, -0.25) is 0 Å². The molecule has 1 aromatic heterocycles. The van der Waals surface area contributed by atoms with Crippen LogP contribution in [0.2, 0.25) is 5.02 Å². The molecule has 0 atom stereocenters. The predicted molar refractivity (Wildman–Crippen MR) is 110 cm³/mol. The van der Waals surface area contributed by atoms with E-state index in [0.717, 1.165) is 28.9 Å². The van der Waals surface area contributed by atoms with Gasteiger partial charge in [-0.2, -0.15) is 5.26 Å². The highest BCUT2D eigenvalue weighted by molar-refractivity contribution is 7.11. The fourth-order valence-corrected chi connectivity index (χ4v) is 3.47. The van der Waals surface area contributed by atoms with Gasteiger partial charge in [0.05, 0.1) is 5.69 Å². The third-order valence-electron chi connectivity index (χ3n) is 4.15. The summed E-state index contributed by atoms with van der Waals surface area (Å²) in [5.41, 5.74) is 5.54. The zero-order valence-electron chi connectivity index (χ0n) is 14.6. The summed E-state index contributed by atoms with van der Waals surface area (Å²) < 4.78 is 0. The van der Waals surface area contributed by atoms with Gasteiger partial charge in [-0.05, 0) is 36.6 Å². The fourth-order valence-electron chi connectivity index (χ4n) is 2.50. The highest BCUT2D eigenvalue weighted by Crippen LogP contribution is 2.27. The molecule has 0 spiro atoms. The lowest BCUT2D eigenvalue weighted by molar-refractivity contribution is 1.14. The molecule has 0 saturated heterocycles. The van der Waals surface area contributed by atoms with E-state index in [1.54, 1.807) is 6.20 Å². The van der Waals surface area contributed by atoms with E-state index >= 15 is 0 Å². The van der Waals surface area contributed by atoms with Crippen LogP contribution in [0.25, 0.3) is 16.8 Å². The fraction of sp³-hybridized carbons (Fsp3) is 0.143. The van der Waals surface area contributed by atoms with Crippen molar-refractivity contribution in [3.8, 4) is 17.3 Å². The van der Waals surface area contributed by atoms with E-state index in [-0.39, 0.29) is 0 Å². The van der Waals surface area contributed by atoms with Gasteiger partial charge in [-0.25, -0.2) is 4.98 Å². The maximum atomic E-state index is 9.51. The summed E-state index contributed by atoms with van der Waals surface area (Å²) in [4.78, 5) is 4.62. The van der Waals surface area contributed by atoms with Crippen LogP contribution >= 0.6 is 22.9 Å². The number of hydrogen-bond donors (Lipinski definition) is 1. The average Bonchev–Trinajstić information content (AvgIpc) is 3.15. The van der Waals surface area contributed by atoms with Gasteiger partial charge in [-0.15, -0.1) is 11.3 Å². The Balaban J connectivity index is 1.83. The highest BCUT2D eigenvalue weighted by atomic mass is 35.5. The molecular weight excluding hydrogens is 362 g/mol. The summed E-state index contributed by atoms with van der Waals surface area (Å²) in [6, 6.07) is 16.2. The molecule has 0 saturated carbocycles. The Kier molecular flexibility index (Phi) is 5.72. The number of nitrogens with zero attached hydrogens (tertiary/aromatic N) is 2. The van der Waals surface area contributed by atoms with Crippen molar-refractivity contribution in [1.29, 1.82) is 5.26 Å². The van der Waals surface area contributed by atoms with Crippen molar-refractivity contribution in [1.82, 2.24) is 4.98 Å². The van der Waals surface area contributed by atoms with Crippen LogP contribution in [-0.2, 0) is 6.42 Å². The van der Waals surface area contributed by atoms with E-state index in [9.17, 15) is 5.26 Å². The number of thiazole rings is 1. The van der Waals surface area contributed by atoms with Crippen LogP contribution in [0.5, 0.6) is 0 Å². The lowest BCUT2D eigenvalue weighted by atomic mass is 10.1. The molecule has 0 aliphatic rings. The van der Waals surface area contributed by atoms with Crippen LogP contribution in [0.1, 0.15) is 23.1 Å². The Morgan fingerprint density at radius 2 is 2.04 bits per heavy atom. The van der Waals surface area contributed by atoms with Crippen molar-refractivity contribution in [2.75, 3.05) is 5.32 Å². The van der Waals surface area contributed by atoms with E-state index in [1.165, 1.54) is 16.9 Å². The molecule has 0 amide bonds. The normalized spacial score (nSPS) is 11.2. The van der Waals surface area contributed by atoms with Gasteiger partial charge < -0.3 is 5.32 Å². The second-order valence-electron chi connectivity index (χ2n) is 5.81. The topological polar surface area (TPSA) is 48.7 Å². The second-order valence-corrected chi connectivity index (χ2v) is 7.08. The van der Waals surface area contributed by atoms with Crippen LogP contribution < -0.4 is 5.32 Å². The molecule has 2 aromatic carbocycles. The Hall–Kier alpha value is -2.61. The monoisotopic (exact) mass is 379 g/mol. The minimum Gasteiger partial charge on any atom is -0.360 e. The summed E-state index contributed by atoms with van der Waals surface area (Å²) >= 11 is 7.60. The Labute approximate surface area is 162 Å². The Bertz CT molecular complexity index is 981. The quantitative estimate of drug-likeness (QED) is 0.528. The standard InChI is InChI=1S/C21H18ClN3S/c1-3-15-7-9-16(10-8-15)20-13-26-21(25-20)17(11-23)12-24-19-6-4-5-18(22)14(19)2/h4-10,12-13,24H,3H2,1-2H3/b17-12-. The van der Waals surface area contributed by atoms with Crippen molar-refractivity contribution in [2.45, 2.75) is 20.3 Å². The lowest BCUT2D eigenvalue weighted by Gasteiger charge is -2.07. The average molecular weight is 380 g/mol. The van der Waals surface area contributed by atoms with Gasteiger partial charge in [0.1, 0.15) is 16.6 Å². The van der Waals surface area contributed by atoms with Gasteiger partial charge in [-0.1, -0.05) is 48.9 Å². The highest BCUT2D eigenvalue weighted by Gasteiger charge is 2.09. The number of hydrogen-bond acceptors (Lipinski definition) is 4. The Morgan fingerprint density at radius 3 is 2.73 bits per heavy atom. The van der Waals surface area contributed by atoms with Crippen molar-refractivity contribution < 1.29 is 0 Å². The van der Waals surface area contributed by atoms with E-state index in [0.29, 0.717) is 15.6 Å². The largest absolute Gasteiger partial charge is 0.360 e. The summed E-state index contributed by atoms with van der Waals surface area (Å²) in [6.45, 7) is 4.07. The van der Waals surface area contributed by atoms with E-state index in [4.69, 9.17) is 11.6 Å². The molecule has 1 heterocycles. The van der Waals surface area contributed by atoms with Gasteiger partial charge >= 0.3 is 0 Å². The number of rotatable bonds is 5. The molecule has 0 radical (unpaired) electrons. The van der Waals surface area contributed by atoms with Crippen LogP contribution in [0.4, 0.5) is 5.69 Å².